The molecule has 1 aliphatic rings. The molecule has 0 bridgehead atoms. The summed E-state index contributed by atoms with van der Waals surface area (Å²) in [5.41, 5.74) is 0.0910. The van der Waals surface area contributed by atoms with Crippen LogP contribution in [0.25, 0.3) is 0 Å². The summed E-state index contributed by atoms with van der Waals surface area (Å²) in [5.74, 6) is 0.408. The first-order valence-electron chi connectivity index (χ1n) is 5.25. The van der Waals surface area contributed by atoms with Crippen LogP contribution in [0.3, 0.4) is 0 Å². The minimum absolute atomic E-state index is 0.0910. The van der Waals surface area contributed by atoms with Crippen molar-refractivity contribution in [3.63, 3.8) is 0 Å². The third-order valence-corrected chi connectivity index (χ3v) is 2.69. The van der Waals surface area contributed by atoms with E-state index in [1.54, 1.807) is 0 Å². The molecule has 2 nitrogen and oxygen atoms in total. The molecule has 1 amide bonds. The normalized spacial score (nSPS) is 19.7. The van der Waals surface area contributed by atoms with Gasteiger partial charge in [-0.15, -0.1) is 0 Å². The first-order valence-corrected chi connectivity index (χ1v) is 5.25. The van der Waals surface area contributed by atoms with Crippen molar-refractivity contribution >= 4 is 5.91 Å². The van der Waals surface area contributed by atoms with Crippen LogP contribution < -0.4 is 5.32 Å². The predicted molar refractivity (Wildman–Crippen MR) is 54.4 cm³/mol. The third-order valence-electron chi connectivity index (χ3n) is 2.69. The Morgan fingerprint density at radius 2 is 2.00 bits per heavy atom. The number of hydrogen-bond donors (Lipinski definition) is 1. The quantitative estimate of drug-likeness (QED) is 0.715. The maximum Gasteiger partial charge on any atom is 0.223 e. The van der Waals surface area contributed by atoms with Gasteiger partial charge in [-0.25, -0.2) is 0 Å². The minimum atomic E-state index is 0.0910. The van der Waals surface area contributed by atoms with Crippen molar-refractivity contribution in [1.82, 2.24) is 5.32 Å². The molecular weight excluding hydrogens is 162 g/mol. The molecule has 76 valence electrons. The Balaban J connectivity index is 2.48. The van der Waals surface area contributed by atoms with Crippen molar-refractivity contribution in [2.24, 2.45) is 11.3 Å². The van der Waals surface area contributed by atoms with E-state index in [-0.39, 0.29) is 17.2 Å². The minimum Gasteiger partial charge on any atom is -0.353 e. The Hall–Kier alpha value is -0.530. The fraction of sp³-hybridized carbons (Fsp3) is 0.909. The number of hydrogen-bond acceptors (Lipinski definition) is 1. The van der Waals surface area contributed by atoms with Crippen molar-refractivity contribution < 1.29 is 4.79 Å². The summed E-state index contributed by atoms with van der Waals surface area (Å²) in [6.07, 6.45) is 3.28. The monoisotopic (exact) mass is 183 g/mol. The van der Waals surface area contributed by atoms with Crippen molar-refractivity contribution in [2.75, 3.05) is 0 Å². The van der Waals surface area contributed by atoms with E-state index in [1.165, 1.54) is 12.8 Å². The molecule has 0 saturated heterocycles. The second-order valence-electron chi connectivity index (χ2n) is 5.11. The maximum atomic E-state index is 11.8. The summed E-state index contributed by atoms with van der Waals surface area (Å²) < 4.78 is 0. The van der Waals surface area contributed by atoms with E-state index >= 15 is 0 Å². The van der Waals surface area contributed by atoms with Crippen LogP contribution in [-0.2, 0) is 4.79 Å². The predicted octanol–water partition coefficient (Wildman–Crippen LogP) is 2.34. The number of carbonyl (C=O) groups excluding carboxylic acids is 1. The van der Waals surface area contributed by atoms with Gasteiger partial charge in [0.15, 0.2) is 0 Å². The molecule has 1 saturated carbocycles. The Morgan fingerprint density at radius 3 is 2.31 bits per heavy atom. The zero-order chi connectivity index (χ0) is 10.1. The molecule has 0 heterocycles. The van der Waals surface area contributed by atoms with Gasteiger partial charge in [0.2, 0.25) is 5.91 Å². The molecule has 0 aromatic carbocycles. The van der Waals surface area contributed by atoms with Crippen LogP contribution in [0.5, 0.6) is 0 Å². The van der Waals surface area contributed by atoms with Crippen LogP contribution in [0.4, 0.5) is 0 Å². The van der Waals surface area contributed by atoms with E-state index in [4.69, 9.17) is 0 Å². The molecule has 0 aliphatic heterocycles. The molecular formula is C11H21NO. The number of carbonyl (C=O) groups is 1. The van der Waals surface area contributed by atoms with E-state index in [0.717, 1.165) is 6.42 Å². The maximum absolute atomic E-state index is 11.8. The number of nitrogens with one attached hydrogen (secondary N) is 1. The van der Waals surface area contributed by atoms with Crippen LogP contribution >= 0.6 is 0 Å². The molecule has 1 rings (SSSR count). The van der Waals surface area contributed by atoms with E-state index in [9.17, 15) is 4.79 Å². The van der Waals surface area contributed by atoms with Gasteiger partial charge in [-0.3, -0.25) is 4.79 Å². The fourth-order valence-electron chi connectivity index (χ4n) is 1.72. The molecule has 1 atom stereocenters. The summed E-state index contributed by atoms with van der Waals surface area (Å²) in [7, 11) is 0. The summed E-state index contributed by atoms with van der Waals surface area (Å²) in [4.78, 5) is 11.8. The highest BCUT2D eigenvalue weighted by molar-refractivity contribution is 5.79. The first-order chi connectivity index (χ1) is 5.95. The average Bonchev–Trinajstić information content (AvgIpc) is 2.69. The zero-order valence-electron chi connectivity index (χ0n) is 9.18. The Bertz CT molecular complexity index is 189. The molecule has 0 unspecified atom stereocenters. The first kappa shape index (κ1) is 10.6. The summed E-state index contributed by atoms with van der Waals surface area (Å²) in [5, 5.41) is 3.07. The SMILES string of the molecule is CC[C@H](C(=O)NC1CC1)C(C)(C)C. The van der Waals surface area contributed by atoms with Gasteiger partial charge in [0.1, 0.15) is 0 Å². The lowest BCUT2D eigenvalue weighted by molar-refractivity contribution is -0.128. The standard InChI is InChI=1S/C11H21NO/c1-5-9(11(2,3)4)10(13)12-8-6-7-8/h8-9H,5-7H2,1-4H3,(H,12,13)/t9-/m1/s1. The number of rotatable bonds is 3. The van der Waals surface area contributed by atoms with Crippen LogP contribution in [0, 0.1) is 11.3 Å². The van der Waals surface area contributed by atoms with Crippen molar-refractivity contribution in [2.45, 2.75) is 53.0 Å². The third kappa shape index (κ3) is 3.02. The van der Waals surface area contributed by atoms with Crippen molar-refractivity contribution in [3.05, 3.63) is 0 Å². The molecule has 1 aliphatic carbocycles. The molecule has 0 radical (unpaired) electrons. The zero-order valence-corrected chi connectivity index (χ0v) is 9.18. The lowest BCUT2D eigenvalue weighted by Crippen LogP contribution is -2.38. The van der Waals surface area contributed by atoms with E-state index in [1.807, 2.05) is 0 Å². The molecule has 2 heteroatoms. The second-order valence-corrected chi connectivity index (χ2v) is 5.11. The van der Waals surface area contributed by atoms with Gasteiger partial charge < -0.3 is 5.32 Å². The highest BCUT2D eigenvalue weighted by Gasteiger charge is 2.32. The van der Waals surface area contributed by atoms with Crippen LogP contribution in [0.15, 0.2) is 0 Å². The van der Waals surface area contributed by atoms with E-state index in [2.05, 4.69) is 33.0 Å². The molecule has 1 N–H and O–H groups in total. The van der Waals surface area contributed by atoms with E-state index < -0.39 is 0 Å². The molecule has 0 aromatic heterocycles. The number of amides is 1. The smallest absolute Gasteiger partial charge is 0.223 e. The summed E-state index contributed by atoms with van der Waals surface area (Å²) in [6, 6.07) is 0.490. The summed E-state index contributed by atoms with van der Waals surface area (Å²) >= 11 is 0. The van der Waals surface area contributed by atoms with Crippen LogP contribution in [0.2, 0.25) is 0 Å². The highest BCUT2D eigenvalue weighted by atomic mass is 16.2. The lowest BCUT2D eigenvalue weighted by atomic mass is 9.78. The van der Waals surface area contributed by atoms with Crippen molar-refractivity contribution in [1.29, 1.82) is 0 Å². The van der Waals surface area contributed by atoms with Crippen LogP contribution in [0.1, 0.15) is 47.0 Å². The molecule has 1 fully saturated rings. The van der Waals surface area contributed by atoms with Gasteiger partial charge in [-0.1, -0.05) is 27.7 Å². The van der Waals surface area contributed by atoms with Gasteiger partial charge in [0, 0.05) is 12.0 Å². The van der Waals surface area contributed by atoms with Gasteiger partial charge in [0.05, 0.1) is 0 Å². The van der Waals surface area contributed by atoms with Crippen molar-refractivity contribution in [3.8, 4) is 0 Å². The average molecular weight is 183 g/mol. The van der Waals surface area contributed by atoms with Gasteiger partial charge in [-0.05, 0) is 24.7 Å². The topological polar surface area (TPSA) is 29.1 Å². The Labute approximate surface area is 81.1 Å². The lowest BCUT2D eigenvalue weighted by Gasteiger charge is -2.28. The largest absolute Gasteiger partial charge is 0.353 e. The van der Waals surface area contributed by atoms with Crippen LogP contribution in [-0.4, -0.2) is 11.9 Å². The Kier molecular flexibility index (Phi) is 2.99. The molecule has 0 aromatic rings. The van der Waals surface area contributed by atoms with Gasteiger partial charge >= 0.3 is 0 Å². The molecule has 0 spiro atoms. The van der Waals surface area contributed by atoms with Gasteiger partial charge in [-0.2, -0.15) is 0 Å². The Morgan fingerprint density at radius 1 is 1.46 bits per heavy atom. The van der Waals surface area contributed by atoms with E-state index in [0.29, 0.717) is 6.04 Å². The highest BCUT2D eigenvalue weighted by Crippen LogP contribution is 2.30. The summed E-state index contributed by atoms with van der Waals surface area (Å²) in [6.45, 7) is 8.48. The van der Waals surface area contributed by atoms with Gasteiger partial charge in [0.25, 0.3) is 0 Å². The fourth-order valence-corrected chi connectivity index (χ4v) is 1.72. The molecule has 13 heavy (non-hydrogen) atoms. The second kappa shape index (κ2) is 3.69.